The van der Waals surface area contributed by atoms with Crippen LogP contribution >= 0.6 is 0 Å². The van der Waals surface area contributed by atoms with Crippen LogP contribution in [0.25, 0.3) is 0 Å². The van der Waals surface area contributed by atoms with Crippen molar-refractivity contribution in [3.8, 4) is 12.1 Å². The van der Waals surface area contributed by atoms with Crippen molar-refractivity contribution in [2.45, 2.75) is 26.9 Å². The Balaban J connectivity index is 0.000000271. The fourth-order valence-corrected chi connectivity index (χ4v) is 1.78. The SMILES string of the molecule is CC(C)C(=O)Cn1cncc1C#N.CON(C)C(=O)Cn1cncc1C#N. The van der Waals surface area contributed by atoms with Gasteiger partial charge in [0.1, 0.15) is 30.1 Å². The largest absolute Gasteiger partial charge is 0.315 e. The van der Waals surface area contributed by atoms with Crippen LogP contribution in [0.4, 0.5) is 0 Å². The number of aromatic nitrogens is 4. The van der Waals surface area contributed by atoms with Crippen molar-refractivity contribution in [2.75, 3.05) is 14.2 Å². The summed E-state index contributed by atoms with van der Waals surface area (Å²) >= 11 is 0. The maximum atomic E-state index is 11.4. The number of amides is 1. The maximum absolute atomic E-state index is 11.4. The molecule has 2 heterocycles. The van der Waals surface area contributed by atoms with E-state index in [4.69, 9.17) is 15.4 Å². The Bertz CT molecular complexity index is 854. The van der Waals surface area contributed by atoms with Crippen molar-refractivity contribution in [1.82, 2.24) is 24.2 Å². The number of nitrogens with zero attached hydrogens (tertiary/aromatic N) is 7. The van der Waals surface area contributed by atoms with Gasteiger partial charge in [-0.3, -0.25) is 14.4 Å². The smallest absolute Gasteiger partial charge is 0.265 e. The first kappa shape index (κ1) is 21.5. The van der Waals surface area contributed by atoms with Crippen LogP contribution in [0.5, 0.6) is 0 Å². The highest BCUT2D eigenvalue weighted by Crippen LogP contribution is 2.02. The van der Waals surface area contributed by atoms with E-state index in [1.54, 1.807) is 4.57 Å². The van der Waals surface area contributed by atoms with E-state index in [2.05, 4.69) is 9.97 Å². The summed E-state index contributed by atoms with van der Waals surface area (Å²) in [4.78, 5) is 34.9. The van der Waals surface area contributed by atoms with Gasteiger partial charge in [-0.15, -0.1) is 0 Å². The lowest BCUT2D eigenvalue weighted by molar-refractivity contribution is -0.169. The van der Waals surface area contributed by atoms with Gasteiger partial charge in [0.05, 0.1) is 38.7 Å². The molecule has 0 aromatic carbocycles. The van der Waals surface area contributed by atoms with Crippen LogP contribution in [-0.2, 0) is 27.5 Å². The highest BCUT2D eigenvalue weighted by atomic mass is 16.7. The summed E-state index contributed by atoms with van der Waals surface area (Å²) in [5, 5.41) is 18.4. The average Bonchev–Trinajstić information content (AvgIpc) is 3.29. The number of ketones is 1. The molecule has 0 spiro atoms. The number of likely N-dealkylation sites (N-methyl/N-ethyl adjacent to an activating group) is 1. The number of carbonyl (C=O) groups excluding carboxylic acids is 2. The Kier molecular flexibility index (Phi) is 8.36. The van der Waals surface area contributed by atoms with Gasteiger partial charge in [-0.1, -0.05) is 13.8 Å². The molecule has 2 aromatic heterocycles. The van der Waals surface area contributed by atoms with Crippen LogP contribution < -0.4 is 0 Å². The van der Waals surface area contributed by atoms with E-state index < -0.39 is 0 Å². The predicted octanol–water partition coefficient (Wildman–Crippen LogP) is 0.754. The number of Topliss-reactive ketones (excluding diaryl/α,β-unsaturated/α-hetero) is 1. The Hall–Kier alpha value is -3.50. The summed E-state index contributed by atoms with van der Waals surface area (Å²) in [6, 6.07) is 3.89. The zero-order valence-corrected chi connectivity index (χ0v) is 15.7. The summed E-state index contributed by atoms with van der Waals surface area (Å²) in [6.45, 7) is 3.96. The molecule has 0 unspecified atom stereocenters. The third kappa shape index (κ3) is 6.38. The van der Waals surface area contributed by atoms with Gasteiger partial charge in [0.15, 0.2) is 5.78 Å². The molecule has 1 amide bonds. The maximum Gasteiger partial charge on any atom is 0.265 e. The van der Waals surface area contributed by atoms with Crippen molar-refractivity contribution >= 4 is 11.7 Å². The number of hydroxylamine groups is 2. The fraction of sp³-hybridized carbons (Fsp3) is 0.412. The quantitative estimate of drug-likeness (QED) is 0.685. The highest BCUT2D eigenvalue weighted by molar-refractivity contribution is 5.80. The van der Waals surface area contributed by atoms with Gasteiger partial charge in [-0.25, -0.2) is 15.0 Å². The number of carbonyl (C=O) groups is 2. The molecule has 0 aliphatic carbocycles. The minimum absolute atomic E-state index is 0.00561. The lowest BCUT2D eigenvalue weighted by Gasteiger charge is -2.13. The molecule has 0 aliphatic heterocycles. The van der Waals surface area contributed by atoms with Gasteiger partial charge in [-0.2, -0.15) is 10.5 Å². The van der Waals surface area contributed by atoms with Crippen LogP contribution in [0, 0.1) is 28.6 Å². The van der Waals surface area contributed by atoms with Crippen LogP contribution in [0.1, 0.15) is 25.2 Å². The first-order valence-electron chi connectivity index (χ1n) is 7.97. The van der Waals surface area contributed by atoms with Crippen LogP contribution in [0.3, 0.4) is 0 Å². The molecule has 2 aromatic rings. The number of imidazole rings is 2. The van der Waals surface area contributed by atoms with Crippen molar-refractivity contribution in [3.05, 3.63) is 36.4 Å². The molecule has 0 saturated carbocycles. The van der Waals surface area contributed by atoms with Crippen molar-refractivity contribution < 1.29 is 14.4 Å². The molecule has 142 valence electrons. The molecule has 0 bridgehead atoms. The summed E-state index contributed by atoms with van der Waals surface area (Å²) in [5.41, 5.74) is 0.775. The van der Waals surface area contributed by atoms with E-state index in [-0.39, 0.29) is 30.7 Å². The topological polar surface area (TPSA) is 130 Å². The van der Waals surface area contributed by atoms with E-state index in [0.717, 1.165) is 5.06 Å². The second kappa shape index (κ2) is 10.5. The molecule has 10 nitrogen and oxygen atoms in total. The Labute approximate surface area is 157 Å². The second-order valence-electron chi connectivity index (χ2n) is 5.73. The molecule has 0 radical (unpaired) electrons. The van der Waals surface area contributed by atoms with E-state index in [0.29, 0.717) is 11.4 Å². The summed E-state index contributed by atoms with van der Waals surface area (Å²) in [5.74, 6) is -0.148. The minimum atomic E-state index is -0.248. The first-order valence-corrected chi connectivity index (χ1v) is 7.97. The number of hydrogen-bond donors (Lipinski definition) is 0. The van der Waals surface area contributed by atoms with Crippen LogP contribution in [0.15, 0.2) is 25.0 Å². The first-order chi connectivity index (χ1) is 12.8. The average molecular weight is 371 g/mol. The summed E-state index contributed by atoms with van der Waals surface area (Å²) < 4.78 is 3.01. The van der Waals surface area contributed by atoms with Crippen molar-refractivity contribution in [3.63, 3.8) is 0 Å². The summed E-state index contributed by atoms with van der Waals surface area (Å²) in [6.07, 6.45) is 5.78. The Morgan fingerprint density at radius 2 is 1.59 bits per heavy atom. The van der Waals surface area contributed by atoms with Gasteiger partial charge in [0.25, 0.3) is 5.91 Å². The number of rotatable bonds is 6. The number of nitriles is 2. The lowest BCUT2D eigenvalue weighted by Crippen LogP contribution is -2.29. The molecular formula is C17H21N7O3. The Morgan fingerprint density at radius 3 is 2.00 bits per heavy atom. The number of hydrogen-bond acceptors (Lipinski definition) is 7. The van der Waals surface area contributed by atoms with Gasteiger partial charge < -0.3 is 9.13 Å². The molecular weight excluding hydrogens is 350 g/mol. The van der Waals surface area contributed by atoms with E-state index >= 15 is 0 Å². The van der Waals surface area contributed by atoms with Crippen LogP contribution in [0.2, 0.25) is 0 Å². The molecule has 0 N–H and O–H groups in total. The Morgan fingerprint density at radius 1 is 1.11 bits per heavy atom. The molecule has 0 saturated heterocycles. The predicted molar refractivity (Wildman–Crippen MR) is 93.5 cm³/mol. The highest BCUT2D eigenvalue weighted by Gasteiger charge is 2.11. The minimum Gasteiger partial charge on any atom is -0.315 e. The zero-order valence-electron chi connectivity index (χ0n) is 15.7. The molecule has 0 aliphatic rings. The van der Waals surface area contributed by atoms with E-state index in [1.807, 2.05) is 26.0 Å². The van der Waals surface area contributed by atoms with E-state index in [9.17, 15) is 9.59 Å². The fourth-order valence-electron chi connectivity index (χ4n) is 1.78. The van der Waals surface area contributed by atoms with Gasteiger partial charge in [-0.05, 0) is 0 Å². The molecule has 0 fully saturated rings. The lowest BCUT2D eigenvalue weighted by atomic mass is 10.1. The monoisotopic (exact) mass is 371 g/mol. The third-order valence-corrected chi connectivity index (χ3v) is 3.55. The van der Waals surface area contributed by atoms with Gasteiger partial charge >= 0.3 is 0 Å². The normalized spacial score (nSPS) is 9.74. The molecule has 0 atom stereocenters. The zero-order chi connectivity index (χ0) is 20.4. The summed E-state index contributed by atoms with van der Waals surface area (Å²) in [7, 11) is 2.91. The van der Waals surface area contributed by atoms with E-state index in [1.165, 1.54) is 43.8 Å². The third-order valence-electron chi connectivity index (χ3n) is 3.55. The molecule has 10 heteroatoms. The molecule has 27 heavy (non-hydrogen) atoms. The van der Waals surface area contributed by atoms with Gasteiger partial charge in [0, 0.05) is 13.0 Å². The molecule has 2 rings (SSSR count). The standard InChI is InChI=1S/C9H11N3O.C8H10N4O2/c1-7(2)9(13)5-12-6-11-4-8(12)3-10;1-11(14-2)8(13)5-12-6-10-4-7(12)3-9/h4,6-7H,5H2,1-2H3;4,6H,5H2,1-2H3. The van der Waals surface area contributed by atoms with Gasteiger partial charge in [0.2, 0.25) is 0 Å². The van der Waals surface area contributed by atoms with Crippen molar-refractivity contribution in [2.24, 2.45) is 5.92 Å². The van der Waals surface area contributed by atoms with Crippen LogP contribution in [-0.4, -0.2) is 50.0 Å². The second-order valence-corrected chi connectivity index (χ2v) is 5.73. The van der Waals surface area contributed by atoms with Crippen molar-refractivity contribution in [1.29, 1.82) is 10.5 Å².